The lowest BCUT2D eigenvalue weighted by molar-refractivity contribution is -0.120. The van der Waals surface area contributed by atoms with E-state index in [-0.39, 0.29) is 11.8 Å². The number of amides is 2. The van der Waals surface area contributed by atoms with E-state index in [2.05, 4.69) is 10.6 Å². The van der Waals surface area contributed by atoms with Gasteiger partial charge in [0.15, 0.2) is 0 Å². The predicted octanol–water partition coefficient (Wildman–Crippen LogP) is 1.03. The normalized spacial score (nSPS) is 9.71. The Hall–Kier alpha value is -1.49. The van der Waals surface area contributed by atoms with Crippen LogP contribution in [0.2, 0.25) is 0 Å². The molecular weight excluding hydrogens is 236 g/mol. The van der Waals surface area contributed by atoms with Gasteiger partial charge in [-0.1, -0.05) is 18.2 Å². The summed E-state index contributed by atoms with van der Waals surface area (Å²) in [6.07, 6.45) is 0. The maximum absolute atomic E-state index is 11.4. The number of nitrogens with one attached hydrogen (secondary N) is 2. The molecule has 0 saturated heterocycles. The lowest BCUT2D eigenvalue weighted by atomic mass is 10.4. The standard InChI is InChI=1S/C12H16N2O2S/c1-10(15)13-7-8-14-12(16)9-17-11-5-3-2-4-6-11/h2-6H,7-9H2,1H3,(H,13,15)(H,14,16). The highest BCUT2D eigenvalue weighted by molar-refractivity contribution is 8.00. The molecule has 1 aromatic rings. The summed E-state index contributed by atoms with van der Waals surface area (Å²) in [5, 5.41) is 5.35. The van der Waals surface area contributed by atoms with Gasteiger partial charge in [0.1, 0.15) is 0 Å². The zero-order valence-corrected chi connectivity index (χ0v) is 10.5. The molecule has 2 N–H and O–H groups in total. The minimum Gasteiger partial charge on any atom is -0.355 e. The number of hydrogen-bond acceptors (Lipinski definition) is 3. The van der Waals surface area contributed by atoms with E-state index in [4.69, 9.17) is 0 Å². The smallest absolute Gasteiger partial charge is 0.230 e. The summed E-state index contributed by atoms with van der Waals surface area (Å²) in [5.74, 6) is 0.284. The number of carbonyl (C=O) groups is 2. The molecule has 0 saturated carbocycles. The summed E-state index contributed by atoms with van der Waals surface area (Å²) in [4.78, 5) is 23.1. The van der Waals surface area contributed by atoms with Gasteiger partial charge in [0, 0.05) is 24.9 Å². The molecule has 1 aromatic carbocycles. The number of benzene rings is 1. The Balaban J connectivity index is 2.11. The molecule has 0 spiro atoms. The third-order valence-corrected chi connectivity index (χ3v) is 2.95. The van der Waals surface area contributed by atoms with Crippen molar-refractivity contribution >= 4 is 23.6 Å². The van der Waals surface area contributed by atoms with Crippen LogP contribution in [0.15, 0.2) is 35.2 Å². The van der Waals surface area contributed by atoms with Crippen LogP contribution >= 0.6 is 11.8 Å². The third-order valence-electron chi connectivity index (χ3n) is 1.93. The molecule has 0 bridgehead atoms. The Morgan fingerprint density at radius 1 is 1.12 bits per heavy atom. The van der Waals surface area contributed by atoms with Gasteiger partial charge in [-0.3, -0.25) is 9.59 Å². The quantitative estimate of drug-likeness (QED) is 0.587. The van der Waals surface area contributed by atoms with Gasteiger partial charge in [0.05, 0.1) is 5.75 Å². The van der Waals surface area contributed by atoms with Gasteiger partial charge < -0.3 is 10.6 Å². The van der Waals surface area contributed by atoms with Crippen LogP contribution in [0.3, 0.4) is 0 Å². The Bertz CT molecular complexity index is 368. The highest BCUT2D eigenvalue weighted by Gasteiger charge is 2.01. The minimum atomic E-state index is -0.0853. The first-order chi connectivity index (χ1) is 8.18. The highest BCUT2D eigenvalue weighted by Crippen LogP contribution is 2.15. The maximum Gasteiger partial charge on any atom is 0.230 e. The van der Waals surface area contributed by atoms with Crippen molar-refractivity contribution in [2.45, 2.75) is 11.8 Å². The van der Waals surface area contributed by atoms with E-state index in [0.29, 0.717) is 18.8 Å². The van der Waals surface area contributed by atoms with E-state index in [0.717, 1.165) is 4.90 Å². The minimum absolute atomic E-state index is 0.0239. The molecule has 0 heterocycles. The van der Waals surface area contributed by atoms with Crippen LogP contribution in [0, 0.1) is 0 Å². The van der Waals surface area contributed by atoms with Crippen molar-refractivity contribution in [3.05, 3.63) is 30.3 Å². The van der Waals surface area contributed by atoms with Crippen molar-refractivity contribution in [1.82, 2.24) is 10.6 Å². The molecular formula is C12H16N2O2S. The molecule has 2 amide bonds. The Morgan fingerprint density at radius 3 is 2.41 bits per heavy atom. The Morgan fingerprint density at radius 2 is 1.76 bits per heavy atom. The van der Waals surface area contributed by atoms with Gasteiger partial charge in [-0.25, -0.2) is 0 Å². The monoisotopic (exact) mass is 252 g/mol. The molecule has 5 heteroatoms. The number of rotatable bonds is 6. The van der Waals surface area contributed by atoms with Crippen molar-refractivity contribution in [2.24, 2.45) is 0 Å². The largest absolute Gasteiger partial charge is 0.355 e. The van der Waals surface area contributed by atoms with Crippen LogP contribution in [0.1, 0.15) is 6.92 Å². The predicted molar refractivity (Wildman–Crippen MR) is 68.9 cm³/mol. The van der Waals surface area contributed by atoms with Crippen LogP contribution in [0.4, 0.5) is 0 Å². The molecule has 0 radical (unpaired) electrons. The molecule has 0 aliphatic carbocycles. The summed E-state index contributed by atoms with van der Waals surface area (Å²) in [7, 11) is 0. The van der Waals surface area contributed by atoms with Gasteiger partial charge in [-0.05, 0) is 12.1 Å². The zero-order valence-electron chi connectivity index (χ0n) is 9.73. The van der Waals surface area contributed by atoms with Crippen molar-refractivity contribution in [2.75, 3.05) is 18.8 Å². The number of carbonyl (C=O) groups excluding carboxylic acids is 2. The van der Waals surface area contributed by atoms with E-state index in [1.54, 1.807) is 0 Å². The molecule has 0 aliphatic heterocycles. The van der Waals surface area contributed by atoms with E-state index >= 15 is 0 Å². The van der Waals surface area contributed by atoms with E-state index in [1.165, 1.54) is 18.7 Å². The fourth-order valence-electron chi connectivity index (χ4n) is 1.16. The van der Waals surface area contributed by atoms with Crippen molar-refractivity contribution in [3.8, 4) is 0 Å². The summed E-state index contributed by atoms with van der Waals surface area (Å²) in [6, 6.07) is 9.76. The van der Waals surface area contributed by atoms with Crippen molar-refractivity contribution in [3.63, 3.8) is 0 Å². The van der Waals surface area contributed by atoms with Crippen LogP contribution in [-0.4, -0.2) is 30.7 Å². The molecule has 0 fully saturated rings. The summed E-state index contributed by atoms with van der Waals surface area (Å²) < 4.78 is 0. The number of thioether (sulfide) groups is 1. The first-order valence-electron chi connectivity index (χ1n) is 5.37. The lowest BCUT2D eigenvalue weighted by Crippen LogP contribution is -2.34. The third kappa shape index (κ3) is 6.63. The van der Waals surface area contributed by atoms with Gasteiger partial charge in [-0.15, -0.1) is 11.8 Å². The second kappa shape index (κ2) is 7.73. The first-order valence-corrected chi connectivity index (χ1v) is 6.36. The first kappa shape index (κ1) is 13.6. The van der Waals surface area contributed by atoms with Crippen LogP contribution in [0.5, 0.6) is 0 Å². The maximum atomic E-state index is 11.4. The summed E-state index contributed by atoms with van der Waals surface area (Å²) >= 11 is 1.49. The molecule has 0 aromatic heterocycles. The van der Waals surface area contributed by atoms with Crippen LogP contribution in [0.25, 0.3) is 0 Å². The van der Waals surface area contributed by atoms with Gasteiger partial charge in [-0.2, -0.15) is 0 Å². The van der Waals surface area contributed by atoms with Crippen LogP contribution < -0.4 is 10.6 Å². The fraction of sp³-hybridized carbons (Fsp3) is 0.333. The summed E-state index contributed by atoms with van der Waals surface area (Å²) in [5.41, 5.74) is 0. The van der Waals surface area contributed by atoms with E-state index < -0.39 is 0 Å². The molecule has 17 heavy (non-hydrogen) atoms. The SMILES string of the molecule is CC(=O)NCCNC(=O)CSc1ccccc1. The highest BCUT2D eigenvalue weighted by atomic mass is 32.2. The topological polar surface area (TPSA) is 58.2 Å². The van der Waals surface area contributed by atoms with E-state index in [1.807, 2.05) is 30.3 Å². The molecule has 0 atom stereocenters. The van der Waals surface area contributed by atoms with Gasteiger partial charge in [0.25, 0.3) is 0 Å². The van der Waals surface area contributed by atoms with Crippen molar-refractivity contribution < 1.29 is 9.59 Å². The number of hydrogen-bond donors (Lipinski definition) is 2. The fourth-order valence-corrected chi connectivity index (χ4v) is 1.91. The second-order valence-electron chi connectivity index (χ2n) is 3.43. The second-order valence-corrected chi connectivity index (χ2v) is 4.48. The van der Waals surface area contributed by atoms with Crippen LogP contribution in [-0.2, 0) is 9.59 Å². The Kier molecular flexibility index (Phi) is 6.17. The van der Waals surface area contributed by atoms with Gasteiger partial charge in [0.2, 0.25) is 11.8 Å². The average Bonchev–Trinajstić information content (AvgIpc) is 2.33. The Labute approximate surface area is 105 Å². The molecule has 0 unspecified atom stereocenters. The molecule has 1 rings (SSSR count). The summed E-state index contributed by atoms with van der Waals surface area (Å²) in [6.45, 7) is 2.39. The lowest BCUT2D eigenvalue weighted by Gasteiger charge is -2.05. The molecule has 92 valence electrons. The average molecular weight is 252 g/mol. The molecule has 0 aliphatic rings. The van der Waals surface area contributed by atoms with E-state index in [9.17, 15) is 9.59 Å². The molecule has 4 nitrogen and oxygen atoms in total. The van der Waals surface area contributed by atoms with Crippen molar-refractivity contribution in [1.29, 1.82) is 0 Å². The zero-order chi connectivity index (χ0) is 12.5. The van der Waals surface area contributed by atoms with Gasteiger partial charge >= 0.3 is 0 Å².